The van der Waals surface area contributed by atoms with Gasteiger partial charge < -0.3 is 10.2 Å². The number of hydrogen-bond acceptors (Lipinski definition) is 3. The summed E-state index contributed by atoms with van der Waals surface area (Å²) in [6.07, 6.45) is 0.436. The molecule has 0 unspecified atom stereocenters. The third-order valence-electron chi connectivity index (χ3n) is 3.08. The Kier molecular flexibility index (Phi) is 6.04. The average molecular weight is 259 g/mol. The molecule has 1 N–H and O–H groups in total. The van der Waals surface area contributed by atoms with E-state index in [1.807, 2.05) is 6.07 Å². The molecule has 1 aromatic carbocycles. The molecule has 102 valence electrons. The Labute approximate surface area is 115 Å². The quantitative estimate of drug-likeness (QED) is 0.854. The highest BCUT2D eigenvalue weighted by Crippen LogP contribution is 2.13. The number of rotatable bonds is 6. The summed E-state index contributed by atoms with van der Waals surface area (Å²) < 4.78 is 0. The smallest absolute Gasteiger partial charge is 0.225 e. The van der Waals surface area contributed by atoms with Crippen LogP contribution < -0.4 is 5.32 Å². The second-order valence-corrected chi connectivity index (χ2v) is 4.68. The van der Waals surface area contributed by atoms with Gasteiger partial charge in [-0.3, -0.25) is 4.79 Å². The van der Waals surface area contributed by atoms with Crippen LogP contribution in [0.5, 0.6) is 0 Å². The first kappa shape index (κ1) is 15.2. The van der Waals surface area contributed by atoms with Gasteiger partial charge in [-0.25, -0.2) is 0 Å². The van der Waals surface area contributed by atoms with Crippen LogP contribution in [0.3, 0.4) is 0 Å². The fraction of sp³-hybridized carbons (Fsp3) is 0.467. The molecule has 19 heavy (non-hydrogen) atoms. The summed E-state index contributed by atoms with van der Waals surface area (Å²) in [5.74, 6) is -0.0539. The Bertz CT molecular complexity index is 463. The first-order valence-electron chi connectivity index (χ1n) is 6.61. The fourth-order valence-electron chi connectivity index (χ4n) is 1.93. The predicted molar refractivity (Wildman–Crippen MR) is 76.8 cm³/mol. The van der Waals surface area contributed by atoms with E-state index in [4.69, 9.17) is 5.26 Å². The van der Waals surface area contributed by atoms with E-state index in [-0.39, 0.29) is 5.91 Å². The summed E-state index contributed by atoms with van der Waals surface area (Å²) in [7, 11) is 0. The van der Waals surface area contributed by atoms with E-state index in [9.17, 15) is 4.79 Å². The largest absolute Gasteiger partial charge is 0.325 e. The monoisotopic (exact) mass is 259 g/mol. The molecule has 0 bridgehead atoms. The normalized spacial score (nSPS) is 10.5. The number of hydrogen-bond donors (Lipinski definition) is 1. The average Bonchev–Trinajstić information content (AvgIpc) is 2.39. The minimum Gasteiger partial charge on any atom is -0.325 e. The Balaban J connectivity index is 2.54. The topological polar surface area (TPSA) is 56.1 Å². The van der Waals surface area contributed by atoms with Crippen LogP contribution >= 0.6 is 0 Å². The fourth-order valence-corrected chi connectivity index (χ4v) is 1.93. The Hall–Kier alpha value is -1.86. The Morgan fingerprint density at radius 1 is 1.42 bits per heavy atom. The molecule has 0 heterocycles. The molecular weight excluding hydrogens is 238 g/mol. The van der Waals surface area contributed by atoms with Crippen molar-refractivity contribution in [3.05, 3.63) is 29.8 Å². The zero-order chi connectivity index (χ0) is 14.3. The zero-order valence-electron chi connectivity index (χ0n) is 11.8. The highest BCUT2D eigenvalue weighted by Gasteiger charge is 2.10. The molecule has 0 spiro atoms. The van der Waals surface area contributed by atoms with Gasteiger partial charge in [0.1, 0.15) is 6.07 Å². The molecule has 0 aromatic heterocycles. The van der Waals surface area contributed by atoms with Crippen molar-refractivity contribution in [2.45, 2.75) is 33.2 Å². The highest BCUT2D eigenvalue weighted by atomic mass is 16.1. The van der Waals surface area contributed by atoms with Gasteiger partial charge >= 0.3 is 0 Å². The van der Waals surface area contributed by atoms with Crippen molar-refractivity contribution >= 4 is 11.6 Å². The van der Waals surface area contributed by atoms with Gasteiger partial charge in [-0.15, -0.1) is 0 Å². The van der Waals surface area contributed by atoms with Crippen LogP contribution in [-0.4, -0.2) is 29.9 Å². The third kappa shape index (κ3) is 4.72. The van der Waals surface area contributed by atoms with Crippen LogP contribution in [0.2, 0.25) is 0 Å². The van der Waals surface area contributed by atoms with Crippen LogP contribution in [0.4, 0.5) is 5.69 Å². The highest BCUT2D eigenvalue weighted by molar-refractivity contribution is 5.92. The predicted octanol–water partition coefficient (Wildman–Crippen LogP) is 2.62. The van der Waals surface area contributed by atoms with E-state index < -0.39 is 0 Å². The van der Waals surface area contributed by atoms with Crippen LogP contribution in [0, 0.1) is 11.3 Å². The van der Waals surface area contributed by atoms with Gasteiger partial charge in [0.15, 0.2) is 0 Å². The van der Waals surface area contributed by atoms with E-state index in [1.165, 1.54) is 0 Å². The summed E-state index contributed by atoms with van der Waals surface area (Å²) >= 11 is 0. The maximum absolute atomic E-state index is 11.9. The lowest BCUT2D eigenvalue weighted by Gasteiger charge is -2.24. The summed E-state index contributed by atoms with van der Waals surface area (Å²) in [6, 6.07) is 9.54. The number of nitrogens with one attached hydrogen (secondary N) is 1. The summed E-state index contributed by atoms with van der Waals surface area (Å²) in [5.41, 5.74) is 1.08. The number of anilines is 1. The molecule has 0 aliphatic rings. The van der Waals surface area contributed by atoms with E-state index in [0.717, 1.165) is 13.1 Å². The van der Waals surface area contributed by atoms with Crippen molar-refractivity contribution in [2.75, 3.05) is 18.4 Å². The van der Waals surface area contributed by atoms with Gasteiger partial charge in [0.2, 0.25) is 5.91 Å². The summed E-state index contributed by atoms with van der Waals surface area (Å²) in [4.78, 5) is 14.1. The molecule has 0 radical (unpaired) electrons. The van der Waals surface area contributed by atoms with Crippen LogP contribution in [0.15, 0.2) is 24.3 Å². The number of nitriles is 1. The Morgan fingerprint density at radius 3 is 2.68 bits per heavy atom. The van der Waals surface area contributed by atoms with Gasteiger partial charge in [-0.05, 0) is 32.5 Å². The minimum atomic E-state index is -0.0539. The van der Waals surface area contributed by atoms with Crippen molar-refractivity contribution in [2.24, 2.45) is 0 Å². The number of amides is 1. The van der Waals surface area contributed by atoms with Crippen molar-refractivity contribution in [3.8, 4) is 6.07 Å². The lowest BCUT2D eigenvalue weighted by atomic mass is 10.2. The molecule has 1 amide bonds. The molecule has 0 aliphatic heterocycles. The van der Waals surface area contributed by atoms with E-state index in [1.54, 1.807) is 18.2 Å². The van der Waals surface area contributed by atoms with Crippen molar-refractivity contribution in [3.63, 3.8) is 0 Å². The summed E-state index contributed by atoms with van der Waals surface area (Å²) in [6.45, 7) is 7.98. The number of nitrogens with zero attached hydrogens (tertiary/aromatic N) is 2. The summed E-state index contributed by atoms with van der Waals surface area (Å²) in [5, 5.41) is 11.7. The van der Waals surface area contributed by atoms with Crippen molar-refractivity contribution in [1.29, 1.82) is 5.26 Å². The number of carbonyl (C=O) groups is 1. The Morgan fingerprint density at radius 2 is 2.11 bits per heavy atom. The molecule has 0 saturated carbocycles. The number of carbonyl (C=O) groups excluding carboxylic acids is 1. The molecule has 1 rings (SSSR count). The second kappa shape index (κ2) is 7.55. The van der Waals surface area contributed by atoms with E-state index in [2.05, 4.69) is 37.1 Å². The van der Waals surface area contributed by atoms with Gasteiger partial charge in [0, 0.05) is 19.0 Å². The van der Waals surface area contributed by atoms with Crippen LogP contribution in [0.25, 0.3) is 0 Å². The first-order valence-corrected chi connectivity index (χ1v) is 6.61. The van der Waals surface area contributed by atoms with E-state index >= 15 is 0 Å². The lowest BCUT2D eigenvalue weighted by molar-refractivity contribution is -0.116. The second-order valence-electron chi connectivity index (χ2n) is 4.68. The van der Waals surface area contributed by atoms with Gasteiger partial charge in [-0.2, -0.15) is 5.26 Å². The van der Waals surface area contributed by atoms with Crippen molar-refractivity contribution < 1.29 is 4.79 Å². The molecule has 0 saturated heterocycles. The van der Waals surface area contributed by atoms with Crippen molar-refractivity contribution in [1.82, 2.24) is 4.90 Å². The number of para-hydroxylation sites is 1. The number of benzene rings is 1. The van der Waals surface area contributed by atoms with Gasteiger partial charge in [-0.1, -0.05) is 19.1 Å². The maximum atomic E-state index is 11.9. The van der Waals surface area contributed by atoms with Crippen LogP contribution in [-0.2, 0) is 4.79 Å². The van der Waals surface area contributed by atoms with Gasteiger partial charge in [0.05, 0.1) is 11.3 Å². The lowest BCUT2D eigenvalue weighted by Crippen LogP contribution is -2.33. The molecule has 1 aromatic rings. The molecule has 0 atom stereocenters. The SMILES string of the molecule is CCN(CCC(=O)Nc1ccccc1C#N)C(C)C. The third-order valence-corrected chi connectivity index (χ3v) is 3.08. The zero-order valence-corrected chi connectivity index (χ0v) is 11.8. The standard InChI is InChI=1S/C15H21N3O/c1-4-18(12(2)3)10-9-15(19)17-14-8-6-5-7-13(14)11-16/h5-8,12H,4,9-10H2,1-3H3,(H,17,19). The minimum absolute atomic E-state index is 0.0539. The molecule has 0 fully saturated rings. The molecule has 0 aliphatic carbocycles. The first-order chi connectivity index (χ1) is 9.08. The van der Waals surface area contributed by atoms with Gasteiger partial charge in [0.25, 0.3) is 0 Å². The maximum Gasteiger partial charge on any atom is 0.225 e. The molecule has 4 heteroatoms. The van der Waals surface area contributed by atoms with E-state index in [0.29, 0.717) is 23.7 Å². The molecule has 4 nitrogen and oxygen atoms in total. The van der Waals surface area contributed by atoms with Crippen LogP contribution in [0.1, 0.15) is 32.8 Å². The molecular formula is C15H21N3O.